The number of carbonyl (C=O) groups excluding carboxylic acids is 2. The topological polar surface area (TPSA) is 100 Å². The molecule has 2 aromatic rings. The smallest absolute Gasteiger partial charge is 0.243 e. The van der Waals surface area contributed by atoms with Crippen LogP contribution in [0.3, 0.4) is 0 Å². The maximum absolute atomic E-state index is 13.8. The number of nitrogens with one attached hydrogen (secondary N) is 2. The maximum Gasteiger partial charge on any atom is 0.243 e. The van der Waals surface area contributed by atoms with Gasteiger partial charge in [0, 0.05) is 25.0 Å². The second-order valence-electron chi connectivity index (χ2n) is 12.4. The molecule has 2 amide bonds. The van der Waals surface area contributed by atoms with Crippen LogP contribution in [0.4, 0.5) is 0 Å². The largest absolute Gasteiger partial charge is 0.497 e. The number of amides is 2. The average molecular weight is 604 g/mol. The van der Waals surface area contributed by atoms with Crippen LogP contribution in [0.25, 0.3) is 0 Å². The van der Waals surface area contributed by atoms with E-state index in [0.717, 1.165) is 35.3 Å². The number of hydrogen-bond acceptors (Lipinski definition) is 6. The van der Waals surface area contributed by atoms with Crippen LogP contribution in [0.1, 0.15) is 68.4 Å². The Labute approximate surface area is 262 Å². The normalized spacial score (nSPS) is 21.5. The van der Waals surface area contributed by atoms with E-state index in [0.29, 0.717) is 38.3 Å². The minimum absolute atomic E-state index is 0.0334. The first-order valence-corrected chi connectivity index (χ1v) is 15.8. The van der Waals surface area contributed by atoms with Crippen molar-refractivity contribution >= 4 is 11.8 Å². The molecule has 0 radical (unpaired) electrons. The van der Waals surface area contributed by atoms with Crippen molar-refractivity contribution in [1.82, 2.24) is 15.5 Å². The summed E-state index contributed by atoms with van der Waals surface area (Å²) in [5.74, 6) is 0.876. The number of ether oxygens (including phenoxy) is 2. The highest BCUT2D eigenvalue weighted by Gasteiger charge is 2.39. The van der Waals surface area contributed by atoms with Crippen molar-refractivity contribution in [2.75, 3.05) is 26.8 Å². The third-order valence-corrected chi connectivity index (χ3v) is 8.72. The second-order valence-corrected chi connectivity index (χ2v) is 12.4. The van der Waals surface area contributed by atoms with Gasteiger partial charge in [0.15, 0.2) is 0 Å². The van der Waals surface area contributed by atoms with E-state index in [1.54, 1.807) is 24.2 Å². The Morgan fingerprint density at radius 2 is 1.91 bits per heavy atom. The maximum atomic E-state index is 13.8. The predicted octanol–water partition coefficient (Wildman–Crippen LogP) is 4.90. The first kappa shape index (κ1) is 33.4. The van der Waals surface area contributed by atoms with Gasteiger partial charge in [0.2, 0.25) is 11.8 Å². The third kappa shape index (κ3) is 8.37. The van der Waals surface area contributed by atoms with Gasteiger partial charge < -0.3 is 30.1 Å². The summed E-state index contributed by atoms with van der Waals surface area (Å²) in [6.45, 7) is 13.1. The number of nitrogens with zero attached hydrogens (tertiary/aromatic N) is 1. The summed E-state index contributed by atoms with van der Waals surface area (Å²) in [6.07, 6.45) is 5.50. The summed E-state index contributed by atoms with van der Waals surface area (Å²) < 4.78 is 11.5. The Kier molecular flexibility index (Phi) is 12.2. The predicted molar refractivity (Wildman–Crippen MR) is 173 cm³/mol. The Balaban J connectivity index is 1.49. The lowest BCUT2D eigenvalue weighted by Crippen LogP contribution is -2.55. The van der Waals surface area contributed by atoms with E-state index in [1.165, 1.54) is 0 Å². The molecule has 2 aromatic carbocycles. The lowest BCUT2D eigenvalue weighted by Gasteiger charge is -2.31. The molecule has 0 saturated carbocycles. The number of carbonyl (C=O) groups is 2. The van der Waals surface area contributed by atoms with Crippen molar-refractivity contribution < 1.29 is 24.2 Å². The summed E-state index contributed by atoms with van der Waals surface area (Å²) in [7, 11) is 1.64. The zero-order valence-corrected chi connectivity index (χ0v) is 26.4. The number of rotatable bonds is 17. The highest BCUT2D eigenvalue weighted by atomic mass is 16.5. The molecule has 1 heterocycles. The molecule has 8 nitrogen and oxygen atoms in total. The number of fused-ring (bicyclic) bond motifs is 1. The second kappa shape index (κ2) is 16.0. The molecule has 0 unspecified atom stereocenters. The van der Waals surface area contributed by atoms with E-state index in [2.05, 4.69) is 37.6 Å². The first-order chi connectivity index (χ1) is 21.2. The highest BCUT2D eigenvalue weighted by molar-refractivity contribution is 5.90. The molecule has 0 aromatic heterocycles. The standard InChI is InChI=1S/C36H49N3O5/c1-6-11-32(39-17-16-26(36(39)42)19-24(3)4)35(41)38-31(20-25-12-9-8-10-13-25)33(40)23-37-30-22-34(44-18-7-2)28-15-14-27(43-5)21-29(28)30/h6-10,12-15,21,24,26,30-34,37,40H,1-2,11,16-20,22-23H2,3-5H3,(H,38,41)/t26-,30+,31+,32+,33-,34-/m1/s1. The fraction of sp³-hybridized carbons (Fsp3) is 0.500. The molecule has 1 aliphatic heterocycles. The van der Waals surface area contributed by atoms with Gasteiger partial charge in [0.1, 0.15) is 11.8 Å². The highest BCUT2D eigenvalue weighted by Crippen LogP contribution is 2.42. The quantitative estimate of drug-likeness (QED) is 0.223. The molecule has 2 aliphatic rings. The molecule has 3 N–H and O–H groups in total. The van der Waals surface area contributed by atoms with Crippen molar-refractivity contribution in [1.29, 1.82) is 0 Å². The van der Waals surface area contributed by atoms with E-state index in [-0.39, 0.29) is 36.4 Å². The van der Waals surface area contributed by atoms with Crippen molar-refractivity contribution in [3.63, 3.8) is 0 Å². The minimum Gasteiger partial charge on any atom is -0.497 e. The van der Waals surface area contributed by atoms with E-state index in [1.807, 2.05) is 48.5 Å². The molecule has 0 spiro atoms. The van der Waals surface area contributed by atoms with Gasteiger partial charge in [0.25, 0.3) is 0 Å². The minimum atomic E-state index is -0.895. The summed E-state index contributed by atoms with van der Waals surface area (Å²) >= 11 is 0. The van der Waals surface area contributed by atoms with Crippen LogP contribution in [0, 0.1) is 11.8 Å². The van der Waals surface area contributed by atoms with E-state index >= 15 is 0 Å². The molecule has 1 saturated heterocycles. The molecule has 1 fully saturated rings. The molecular weight excluding hydrogens is 554 g/mol. The third-order valence-electron chi connectivity index (χ3n) is 8.72. The number of aliphatic hydroxyl groups excluding tert-OH is 1. The van der Waals surface area contributed by atoms with Crippen LogP contribution in [0.5, 0.6) is 5.75 Å². The monoisotopic (exact) mass is 603 g/mol. The zero-order chi connectivity index (χ0) is 31.6. The lowest BCUT2D eigenvalue weighted by atomic mass is 9.96. The molecular formula is C36H49N3O5. The summed E-state index contributed by atoms with van der Waals surface area (Å²) in [5, 5.41) is 18.2. The van der Waals surface area contributed by atoms with Gasteiger partial charge in [0.05, 0.1) is 32.0 Å². The van der Waals surface area contributed by atoms with Gasteiger partial charge in [-0.05, 0) is 66.8 Å². The molecule has 0 bridgehead atoms. The van der Waals surface area contributed by atoms with Crippen molar-refractivity contribution in [2.24, 2.45) is 11.8 Å². The van der Waals surface area contributed by atoms with Crippen LogP contribution < -0.4 is 15.4 Å². The van der Waals surface area contributed by atoms with E-state index in [9.17, 15) is 14.7 Å². The Bertz CT molecular complexity index is 1270. The molecule has 44 heavy (non-hydrogen) atoms. The summed E-state index contributed by atoms with van der Waals surface area (Å²) in [6, 6.07) is 14.5. The first-order valence-electron chi connectivity index (χ1n) is 15.8. The summed E-state index contributed by atoms with van der Waals surface area (Å²) in [4.78, 5) is 28.8. The molecule has 4 rings (SSSR count). The van der Waals surface area contributed by atoms with Gasteiger partial charge >= 0.3 is 0 Å². The van der Waals surface area contributed by atoms with Gasteiger partial charge in [-0.25, -0.2) is 0 Å². The number of likely N-dealkylation sites (tertiary alicyclic amines) is 1. The van der Waals surface area contributed by atoms with Crippen molar-refractivity contribution in [2.45, 2.75) is 76.3 Å². The molecule has 8 heteroatoms. The number of aliphatic hydroxyl groups is 1. The Hall–Kier alpha value is -3.46. The number of hydrogen-bond donors (Lipinski definition) is 3. The molecule has 238 valence electrons. The fourth-order valence-electron chi connectivity index (χ4n) is 6.51. The van der Waals surface area contributed by atoms with Crippen LogP contribution >= 0.6 is 0 Å². The van der Waals surface area contributed by atoms with Crippen LogP contribution in [0.2, 0.25) is 0 Å². The molecule has 6 atom stereocenters. The van der Waals surface area contributed by atoms with Crippen LogP contribution in [-0.2, 0) is 20.7 Å². The Morgan fingerprint density at radius 3 is 2.59 bits per heavy atom. The lowest BCUT2D eigenvalue weighted by molar-refractivity contribution is -0.140. The Morgan fingerprint density at radius 1 is 1.14 bits per heavy atom. The van der Waals surface area contributed by atoms with E-state index < -0.39 is 18.2 Å². The number of methoxy groups -OCH3 is 1. The van der Waals surface area contributed by atoms with Gasteiger partial charge in [-0.2, -0.15) is 0 Å². The van der Waals surface area contributed by atoms with Gasteiger partial charge in [-0.1, -0.05) is 62.4 Å². The van der Waals surface area contributed by atoms with Crippen LogP contribution in [0.15, 0.2) is 73.8 Å². The van der Waals surface area contributed by atoms with Gasteiger partial charge in [-0.3, -0.25) is 9.59 Å². The van der Waals surface area contributed by atoms with Gasteiger partial charge in [-0.15, -0.1) is 13.2 Å². The average Bonchev–Trinajstić information content (AvgIpc) is 3.55. The van der Waals surface area contributed by atoms with Crippen molar-refractivity contribution in [3.8, 4) is 5.75 Å². The zero-order valence-electron chi connectivity index (χ0n) is 26.4. The fourth-order valence-corrected chi connectivity index (χ4v) is 6.51. The molecule has 1 aliphatic carbocycles. The van der Waals surface area contributed by atoms with E-state index in [4.69, 9.17) is 9.47 Å². The summed E-state index contributed by atoms with van der Waals surface area (Å²) in [5.41, 5.74) is 3.16. The van der Waals surface area contributed by atoms with Crippen LogP contribution in [-0.4, -0.2) is 66.8 Å². The van der Waals surface area contributed by atoms with Crippen molar-refractivity contribution in [3.05, 3.63) is 90.5 Å². The SMILES string of the molecule is C=CCO[C@@H]1C[C@H](NC[C@@H](O)[C@H](Cc2ccccc2)NC(=O)[C@H](CC=C)N2CC[C@H](CC(C)C)C2=O)c2cc(OC)ccc21. The number of benzene rings is 2.